The molecule has 0 aromatic heterocycles. The number of phenolic OH excluding ortho intramolecular Hbond substituents is 1. The minimum Gasteiger partial charge on any atom is -0.508 e. The highest BCUT2D eigenvalue weighted by Gasteiger charge is 2.41. The fourth-order valence-electron chi connectivity index (χ4n) is 8.82. The highest BCUT2D eigenvalue weighted by Crippen LogP contribution is 2.22. The Kier molecular flexibility index (Phi) is 32.3. The zero-order valence-corrected chi connectivity index (χ0v) is 49.6. The van der Waals surface area contributed by atoms with Crippen LogP contribution in [0.25, 0.3) is 0 Å². The van der Waals surface area contributed by atoms with Crippen molar-refractivity contribution < 1.29 is 83.1 Å². The van der Waals surface area contributed by atoms with E-state index in [1.54, 1.807) is 34.0 Å². The van der Waals surface area contributed by atoms with Crippen molar-refractivity contribution in [3.05, 3.63) is 29.8 Å². The molecule has 1 aromatic rings. The lowest BCUT2D eigenvalue weighted by Crippen LogP contribution is -2.61. The third-order valence-corrected chi connectivity index (χ3v) is 14.0. The molecular weight excluding hydrogens is 1120 g/mol. The van der Waals surface area contributed by atoms with Crippen LogP contribution in [0.15, 0.2) is 24.3 Å². The fourth-order valence-corrected chi connectivity index (χ4v) is 9.30. The number of amides is 10. The maximum Gasteiger partial charge on any atom is 0.326 e. The molecule has 30 heteroatoms. The fraction of sp³-hybridized carbons (Fsp3) is 0.667. The lowest BCUT2D eigenvalue weighted by Gasteiger charge is -2.31. The second-order valence-electron chi connectivity index (χ2n) is 21.6. The first-order valence-corrected chi connectivity index (χ1v) is 29.4. The van der Waals surface area contributed by atoms with Gasteiger partial charge in [0.2, 0.25) is 59.1 Å². The van der Waals surface area contributed by atoms with Crippen LogP contribution in [0, 0.1) is 11.8 Å². The van der Waals surface area contributed by atoms with Crippen molar-refractivity contribution in [1.82, 2.24) is 52.8 Å². The van der Waals surface area contributed by atoms with E-state index >= 15 is 0 Å². The Hall–Kier alpha value is -7.15. The lowest BCUT2D eigenvalue weighted by molar-refractivity contribution is -0.143. The number of nitrogens with two attached hydrogens (primary N) is 2. The molecular formula is C54H88N12O17S. The number of nitrogens with one attached hydrogen (secondary N) is 9. The summed E-state index contributed by atoms with van der Waals surface area (Å²) in [5, 5.41) is 72.0. The van der Waals surface area contributed by atoms with E-state index in [4.69, 9.17) is 16.6 Å². The molecule has 0 aliphatic carbocycles. The summed E-state index contributed by atoms with van der Waals surface area (Å²) >= 11 is 1.37. The quantitative estimate of drug-likeness (QED) is 0.0287. The molecule has 1 fully saturated rings. The number of hydrogen-bond donors (Lipinski definition) is 16. The number of carboxylic acids is 2. The molecule has 1 heterocycles. The maximum atomic E-state index is 14.7. The molecule has 1 saturated heterocycles. The van der Waals surface area contributed by atoms with Crippen LogP contribution in [0.4, 0.5) is 0 Å². The molecule has 0 saturated carbocycles. The van der Waals surface area contributed by atoms with E-state index in [-0.39, 0.29) is 82.0 Å². The molecule has 18 N–H and O–H groups in total. The van der Waals surface area contributed by atoms with Crippen molar-refractivity contribution in [2.75, 3.05) is 38.2 Å². The van der Waals surface area contributed by atoms with Crippen molar-refractivity contribution in [3.8, 4) is 5.75 Å². The highest BCUT2D eigenvalue weighted by atomic mass is 32.2. The number of carbonyl (C=O) groups excluding carboxylic acids is 10. The number of phenols is 1. The molecule has 0 spiro atoms. The van der Waals surface area contributed by atoms with Crippen molar-refractivity contribution in [2.24, 2.45) is 23.3 Å². The average molecular weight is 1210 g/mol. The van der Waals surface area contributed by atoms with Gasteiger partial charge in [-0.25, -0.2) is 4.79 Å². The number of benzene rings is 1. The minimum absolute atomic E-state index is 0.00224. The van der Waals surface area contributed by atoms with Crippen LogP contribution >= 0.6 is 11.8 Å². The number of carboxylic acid groups (broad SMARTS) is 2. The van der Waals surface area contributed by atoms with Crippen LogP contribution in [0.3, 0.4) is 0 Å². The van der Waals surface area contributed by atoms with Gasteiger partial charge in [-0.2, -0.15) is 11.8 Å². The third kappa shape index (κ3) is 26.2. The Bertz CT molecular complexity index is 2400. The zero-order chi connectivity index (χ0) is 63.4. The second-order valence-corrected chi connectivity index (χ2v) is 22.6. The average Bonchev–Trinajstić information content (AvgIpc) is 4.11. The van der Waals surface area contributed by atoms with E-state index in [0.717, 1.165) is 0 Å². The minimum atomic E-state index is -1.75. The first kappa shape index (κ1) is 73.0. The van der Waals surface area contributed by atoms with Gasteiger partial charge in [0.1, 0.15) is 54.1 Å². The number of aliphatic hydroxyl groups excluding tert-OH is 2. The van der Waals surface area contributed by atoms with Crippen LogP contribution in [-0.2, 0) is 64.0 Å². The molecule has 11 atom stereocenters. The molecule has 10 amide bonds. The summed E-state index contributed by atoms with van der Waals surface area (Å²) in [6.45, 7) is 8.25. The SMILES string of the molecule is CSCC[C@H](NC(=O)CNC(=O)[C@@H](NC(=O)[C@H](CC(C)C)NC(=O)[C@@H]1CCCN1C(=O)[C@H](Cc1ccc(O)cc1)NC(=O)[C@@H](NC(=O)CNC(=O)[C@H](CCCCN)NC(=O)[C@H](CC(C)C)NC(=O)[C@@H](N)CCC(=O)O)[C@@H](C)O)[C@@H](C)O)C(=O)O. The van der Waals surface area contributed by atoms with E-state index in [9.17, 15) is 78.0 Å². The molecule has 29 nitrogen and oxygen atoms in total. The van der Waals surface area contributed by atoms with Gasteiger partial charge in [0.15, 0.2) is 0 Å². The summed E-state index contributed by atoms with van der Waals surface area (Å²) in [6, 6.07) is -6.69. The number of rotatable bonds is 38. The first-order valence-electron chi connectivity index (χ1n) is 28.0. The number of carbonyl (C=O) groups is 12. The van der Waals surface area contributed by atoms with E-state index in [1.165, 1.54) is 54.8 Å². The van der Waals surface area contributed by atoms with E-state index < -0.39 is 151 Å². The van der Waals surface area contributed by atoms with Crippen LogP contribution in [0.5, 0.6) is 5.75 Å². The molecule has 1 aliphatic heterocycles. The van der Waals surface area contributed by atoms with Crippen LogP contribution in [-0.4, -0.2) is 206 Å². The van der Waals surface area contributed by atoms with Gasteiger partial charge in [0.05, 0.1) is 31.3 Å². The van der Waals surface area contributed by atoms with Gasteiger partial charge in [-0.3, -0.25) is 52.7 Å². The summed E-state index contributed by atoms with van der Waals surface area (Å²) in [4.78, 5) is 160. The van der Waals surface area contributed by atoms with Gasteiger partial charge < -0.3 is 89.8 Å². The van der Waals surface area contributed by atoms with E-state index in [2.05, 4.69) is 47.9 Å². The molecule has 0 radical (unpaired) electrons. The van der Waals surface area contributed by atoms with Crippen LogP contribution < -0.4 is 59.3 Å². The topological polar surface area (TPSA) is 470 Å². The number of unbranched alkanes of at least 4 members (excludes halogenated alkanes) is 1. The monoisotopic (exact) mass is 1210 g/mol. The summed E-state index contributed by atoms with van der Waals surface area (Å²) in [5.74, 6) is -11.2. The largest absolute Gasteiger partial charge is 0.508 e. The van der Waals surface area contributed by atoms with Crippen molar-refractivity contribution in [3.63, 3.8) is 0 Å². The first-order chi connectivity index (χ1) is 39.5. The zero-order valence-electron chi connectivity index (χ0n) is 48.8. The second kappa shape index (κ2) is 37.2. The number of likely N-dealkylation sites (tertiary alicyclic amines) is 1. The van der Waals surface area contributed by atoms with Crippen molar-refractivity contribution >= 4 is 82.8 Å². The van der Waals surface area contributed by atoms with Gasteiger partial charge in [-0.15, -0.1) is 0 Å². The number of hydrogen-bond acceptors (Lipinski definition) is 18. The Morgan fingerprint density at radius 1 is 0.619 bits per heavy atom. The standard InChI is InChI=1S/C54H88N12O17S/c1-28(2)23-37(61-46(74)34(56)17-18-43(72)73)48(76)60-35(11-8-9-20-55)47(75)57-27-42(71)64-45(31(6)68)52(80)63-39(25-32-13-15-33(69)16-14-32)53(81)66-21-10-12-40(66)50(78)62-38(24-29(3)4)49(77)65-44(30(5)67)51(79)58-26-41(70)59-36(54(82)83)19-22-84-7/h13-16,28-31,34-40,44-45,67-69H,8-12,17-27,55-56H2,1-7H3,(H,57,75)(H,58,79)(H,59,70)(H,60,76)(H,61,74)(H,62,78)(H,63,80)(H,64,71)(H,65,77)(H,72,73)(H,82,83)/t30-,31-,34+,35+,36+,37+,38+,39+,40+,44+,45+/m1/s1. The number of aromatic hydroxyl groups is 1. The molecule has 472 valence electrons. The van der Waals surface area contributed by atoms with E-state index in [0.29, 0.717) is 30.6 Å². The predicted molar refractivity (Wildman–Crippen MR) is 307 cm³/mol. The maximum absolute atomic E-state index is 14.7. The Morgan fingerprint density at radius 3 is 1.70 bits per heavy atom. The number of aliphatic hydroxyl groups is 2. The third-order valence-electron chi connectivity index (χ3n) is 13.3. The summed E-state index contributed by atoms with van der Waals surface area (Å²) < 4.78 is 0. The number of nitrogens with zero attached hydrogens (tertiary/aromatic N) is 1. The molecule has 84 heavy (non-hydrogen) atoms. The smallest absolute Gasteiger partial charge is 0.326 e. The number of aliphatic carboxylic acids is 2. The molecule has 0 unspecified atom stereocenters. The Balaban J connectivity index is 2.31. The van der Waals surface area contributed by atoms with Gasteiger partial charge in [-0.1, -0.05) is 39.8 Å². The Morgan fingerprint density at radius 2 is 1.15 bits per heavy atom. The van der Waals surface area contributed by atoms with Crippen LogP contribution in [0.1, 0.15) is 111 Å². The predicted octanol–water partition coefficient (Wildman–Crippen LogP) is -3.44. The van der Waals surface area contributed by atoms with Crippen LogP contribution in [0.2, 0.25) is 0 Å². The Labute approximate surface area is 492 Å². The molecule has 0 bridgehead atoms. The van der Waals surface area contributed by atoms with Gasteiger partial charge in [0, 0.05) is 19.4 Å². The van der Waals surface area contributed by atoms with Crippen molar-refractivity contribution in [1.29, 1.82) is 0 Å². The lowest BCUT2D eigenvalue weighted by atomic mass is 10.0. The molecule has 1 aromatic carbocycles. The van der Waals surface area contributed by atoms with Crippen molar-refractivity contribution in [2.45, 2.75) is 179 Å². The molecule has 1 aliphatic rings. The van der Waals surface area contributed by atoms with E-state index in [1.807, 2.05) is 0 Å². The van der Waals surface area contributed by atoms with Gasteiger partial charge in [-0.05, 0) is 120 Å². The van der Waals surface area contributed by atoms with Gasteiger partial charge in [0.25, 0.3) is 0 Å². The highest BCUT2D eigenvalue weighted by molar-refractivity contribution is 7.98. The molecule has 2 rings (SSSR count). The number of thioether (sulfide) groups is 1. The van der Waals surface area contributed by atoms with Gasteiger partial charge >= 0.3 is 11.9 Å². The summed E-state index contributed by atoms with van der Waals surface area (Å²) in [5.41, 5.74) is 12.0. The normalized spacial score (nSPS) is 16.6. The summed E-state index contributed by atoms with van der Waals surface area (Å²) in [6.07, 6.45) is -0.690. The summed E-state index contributed by atoms with van der Waals surface area (Å²) in [7, 11) is 0.